The molecule has 0 aromatic rings. The van der Waals surface area contributed by atoms with E-state index < -0.39 is 5.60 Å². The second-order valence-corrected chi connectivity index (χ2v) is 7.83. The van der Waals surface area contributed by atoms with Gasteiger partial charge in [0.15, 0.2) is 0 Å². The quantitative estimate of drug-likeness (QED) is 0.637. The van der Waals surface area contributed by atoms with Gasteiger partial charge in [-0.25, -0.2) is 4.79 Å². The molecule has 0 aromatic carbocycles. The fraction of sp³-hybridized carbons (Fsp3) is 0.875. The lowest BCUT2D eigenvalue weighted by Gasteiger charge is -2.39. The molecule has 1 amide bonds. The lowest BCUT2D eigenvalue weighted by atomic mass is 9.76. The Morgan fingerprint density at radius 2 is 1.95 bits per heavy atom. The molecule has 6 nitrogen and oxygen atoms in total. The number of hydrogen-bond donors (Lipinski definition) is 0. The van der Waals surface area contributed by atoms with Gasteiger partial charge in [-0.1, -0.05) is 0 Å². The summed E-state index contributed by atoms with van der Waals surface area (Å²) in [5, 5.41) is 0. The molecule has 3 heterocycles. The number of morpholine rings is 1. The third-order valence-electron chi connectivity index (χ3n) is 4.98. The van der Waals surface area contributed by atoms with Gasteiger partial charge in [0.25, 0.3) is 0 Å². The summed E-state index contributed by atoms with van der Waals surface area (Å²) in [5.41, 5.74) is -0.295. The number of ether oxygens (including phenoxy) is 2. The molecule has 6 heteroatoms. The minimum absolute atomic E-state index is 0.0678. The normalized spacial score (nSPS) is 28.4. The molecule has 1 unspecified atom stereocenters. The van der Waals surface area contributed by atoms with Crippen molar-refractivity contribution in [3.05, 3.63) is 0 Å². The van der Waals surface area contributed by atoms with Gasteiger partial charge in [-0.2, -0.15) is 0 Å². The zero-order valence-corrected chi connectivity index (χ0v) is 13.8. The number of carbonyl (C=O) groups excluding carboxylic acids is 2. The van der Waals surface area contributed by atoms with Crippen molar-refractivity contribution in [2.24, 2.45) is 5.41 Å². The molecule has 1 atom stereocenters. The average Bonchev–Trinajstić information content (AvgIpc) is 2.77. The lowest BCUT2D eigenvalue weighted by molar-refractivity contribution is -0.155. The highest BCUT2D eigenvalue weighted by Crippen LogP contribution is 2.44. The maximum Gasteiger partial charge on any atom is 0.410 e. The Morgan fingerprint density at radius 1 is 1.27 bits per heavy atom. The van der Waals surface area contributed by atoms with Crippen LogP contribution < -0.4 is 0 Å². The maximum atomic E-state index is 12.1. The first-order valence-corrected chi connectivity index (χ1v) is 8.17. The van der Waals surface area contributed by atoms with Crippen molar-refractivity contribution in [3.63, 3.8) is 0 Å². The van der Waals surface area contributed by atoms with E-state index in [1.54, 1.807) is 4.90 Å². The number of hydrogen-bond acceptors (Lipinski definition) is 5. The number of nitrogens with zero attached hydrogens (tertiary/aromatic N) is 2. The Morgan fingerprint density at radius 3 is 2.55 bits per heavy atom. The monoisotopic (exact) mass is 310 g/mol. The first-order chi connectivity index (χ1) is 10.3. The van der Waals surface area contributed by atoms with E-state index in [2.05, 4.69) is 4.90 Å². The van der Waals surface area contributed by atoms with Crippen molar-refractivity contribution in [2.45, 2.75) is 51.7 Å². The summed E-state index contributed by atoms with van der Waals surface area (Å²) in [6.45, 7) is 9.39. The second kappa shape index (κ2) is 5.41. The van der Waals surface area contributed by atoms with Crippen LogP contribution in [0.15, 0.2) is 0 Å². The first kappa shape index (κ1) is 15.6. The predicted molar refractivity (Wildman–Crippen MR) is 80.4 cm³/mol. The van der Waals surface area contributed by atoms with Gasteiger partial charge >= 0.3 is 12.1 Å². The van der Waals surface area contributed by atoms with Crippen molar-refractivity contribution in [3.8, 4) is 0 Å². The van der Waals surface area contributed by atoms with Gasteiger partial charge in [-0.3, -0.25) is 9.69 Å². The molecule has 3 fully saturated rings. The largest absolute Gasteiger partial charge is 0.463 e. The summed E-state index contributed by atoms with van der Waals surface area (Å²) < 4.78 is 10.6. The number of fused-ring (bicyclic) bond motifs is 1. The molecule has 0 saturated carbocycles. The molecule has 0 N–H and O–H groups in total. The van der Waals surface area contributed by atoms with Gasteiger partial charge in [0.1, 0.15) is 18.2 Å². The fourth-order valence-electron chi connectivity index (χ4n) is 3.82. The van der Waals surface area contributed by atoms with Crippen LogP contribution in [0.4, 0.5) is 4.79 Å². The van der Waals surface area contributed by atoms with Crippen LogP contribution in [0.2, 0.25) is 0 Å². The summed E-state index contributed by atoms with van der Waals surface area (Å²) in [6, 6.07) is -0.0678. The Kier molecular flexibility index (Phi) is 3.83. The number of carbonyl (C=O) groups is 2. The maximum absolute atomic E-state index is 12.1. The summed E-state index contributed by atoms with van der Waals surface area (Å²) in [6.07, 6.45) is 2.52. The molecule has 3 saturated heterocycles. The van der Waals surface area contributed by atoms with Crippen LogP contribution in [0, 0.1) is 5.41 Å². The van der Waals surface area contributed by atoms with E-state index in [-0.39, 0.29) is 23.5 Å². The van der Waals surface area contributed by atoms with Crippen molar-refractivity contribution < 1.29 is 19.1 Å². The van der Waals surface area contributed by atoms with E-state index >= 15 is 0 Å². The molecule has 22 heavy (non-hydrogen) atoms. The van der Waals surface area contributed by atoms with E-state index in [0.717, 1.165) is 32.4 Å². The number of cyclic esters (lactones) is 1. The average molecular weight is 310 g/mol. The molecule has 1 spiro atoms. The van der Waals surface area contributed by atoms with Crippen LogP contribution in [0.5, 0.6) is 0 Å². The molecule has 124 valence electrons. The molecular weight excluding hydrogens is 284 g/mol. The third-order valence-corrected chi connectivity index (χ3v) is 4.98. The topological polar surface area (TPSA) is 59.1 Å². The van der Waals surface area contributed by atoms with Crippen molar-refractivity contribution in [2.75, 3.05) is 32.8 Å². The summed E-state index contributed by atoms with van der Waals surface area (Å²) >= 11 is 0. The first-order valence-electron chi connectivity index (χ1n) is 8.17. The van der Waals surface area contributed by atoms with Crippen LogP contribution in [0.1, 0.15) is 40.0 Å². The van der Waals surface area contributed by atoms with Gasteiger partial charge < -0.3 is 14.4 Å². The van der Waals surface area contributed by atoms with Gasteiger partial charge in [-0.15, -0.1) is 0 Å². The number of likely N-dealkylation sites (tertiary alicyclic amines) is 1. The zero-order valence-electron chi connectivity index (χ0n) is 13.8. The number of piperidine rings is 1. The van der Waals surface area contributed by atoms with Crippen LogP contribution in [-0.2, 0) is 14.3 Å². The second-order valence-electron chi connectivity index (χ2n) is 7.83. The standard InChI is InChI=1S/C16H26N2O4/c1-15(2,3)22-14(20)17-6-4-16(5-7-17)10-12-13(19)21-9-8-18(12)11-16/h12H,4-11H2,1-3H3. The number of rotatable bonds is 0. The van der Waals surface area contributed by atoms with Crippen molar-refractivity contribution in [1.82, 2.24) is 9.80 Å². The fourth-order valence-corrected chi connectivity index (χ4v) is 3.82. The SMILES string of the molecule is CC(C)(C)OC(=O)N1CCC2(CC1)CC1C(=O)OCCN1C2. The van der Waals surface area contributed by atoms with Crippen LogP contribution >= 0.6 is 0 Å². The van der Waals surface area contributed by atoms with E-state index in [9.17, 15) is 9.59 Å². The van der Waals surface area contributed by atoms with Gasteiger partial charge in [0.05, 0.1) is 0 Å². The Labute approximate surface area is 131 Å². The predicted octanol–water partition coefficient (Wildman–Crippen LogP) is 1.63. The van der Waals surface area contributed by atoms with E-state index in [1.807, 2.05) is 20.8 Å². The highest BCUT2D eigenvalue weighted by atomic mass is 16.6. The minimum Gasteiger partial charge on any atom is -0.463 e. The molecule has 3 aliphatic heterocycles. The Balaban J connectivity index is 1.58. The van der Waals surface area contributed by atoms with Crippen LogP contribution in [0.25, 0.3) is 0 Å². The molecule has 0 radical (unpaired) electrons. The smallest absolute Gasteiger partial charge is 0.410 e. The Bertz CT molecular complexity index is 463. The summed E-state index contributed by atoms with van der Waals surface area (Å²) in [5.74, 6) is -0.0716. The molecule has 0 aromatic heterocycles. The van der Waals surface area contributed by atoms with Crippen LogP contribution in [-0.4, -0.2) is 66.3 Å². The third kappa shape index (κ3) is 3.07. The van der Waals surface area contributed by atoms with E-state index in [0.29, 0.717) is 19.7 Å². The Hall–Kier alpha value is -1.30. The van der Waals surface area contributed by atoms with E-state index in [1.165, 1.54) is 0 Å². The molecule has 3 rings (SSSR count). The molecule has 3 aliphatic rings. The summed E-state index contributed by atoms with van der Waals surface area (Å²) in [4.78, 5) is 28.1. The van der Waals surface area contributed by atoms with E-state index in [4.69, 9.17) is 9.47 Å². The molecular formula is C16H26N2O4. The number of esters is 1. The van der Waals surface area contributed by atoms with Crippen LogP contribution in [0.3, 0.4) is 0 Å². The lowest BCUT2D eigenvalue weighted by Crippen LogP contribution is -2.46. The molecule has 0 bridgehead atoms. The van der Waals surface area contributed by atoms with Crippen molar-refractivity contribution in [1.29, 1.82) is 0 Å². The van der Waals surface area contributed by atoms with Gasteiger partial charge in [-0.05, 0) is 45.4 Å². The van der Waals surface area contributed by atoms with Gasteiger partial charge in [0, 0.05) is 26.2 Å². The molecule has 0 aliphatic carbocycles. The highest BCUT2D eigenvalue weighted by Gasteiger charge is 2.50. The zero-order chi connectivity index (χ0) is 16.0. The van der Waals surface area contributed by atoms with Gasteiger partial charge in [0.2, 0.25) is 0 Å². The minimum atomic E-state index is -0.454. The summed E-state index contributed by atoms with van der Waals surface area (Å²) in [7, 11) is 0. The highest BCUT2D eigenvalue weighted by molar-refractivity contribution is 5.77. The number of amides is 1. The van der Waals surface area contributed by atoms with Crippen molar-refractivity contribution >= 4 is 12.1 Å².